The smallest absolute Gasteiger partial charge is 0.251 e. The second-order valence-electron chi connectivity index (χ2n) is 4.40. The van der Waals surface area contributed by atoms with E-state index in [4.69, 9.17) is 10.4 Å². The van der Waals surface area contributed by atoms with Crippen LogP contribution >= 0.6 is 11.8 Å². The van der Waals surface area contributed by atoms with Crippen molar-refractivity contribution in [3.63, 3.8) is 0 Å². The summed E-state index contributed by atoms with van der Waals surface area (Å²) in [7, 11) is 0. The Bertz CT molecular complexity index is 471. The van der Waals surface area contributed by atoms with Gasteiger partial charge in [-0.05, 0) is 31.0 Å². The monoisotopic (exact) mass is 278 g/mol. The van der Waals surface area contributed by atoms with Gasteiger partial charge in [0.15, 0.2) is 0 Å². The van der Waals surface area contributed by atoms with Crippen LogP contribution in [0, 0.1) is 17.2 Å². The lowest BCUT2D eigenvalue weighted by Crippen LogP contribution is -2.38. The highest BCUT2D eigenvalue weighted by atomic mass is 32.2. The number of hydrogen-bond acceptors (Lipinski definition) is 4. The number of carbonyl (C=O) groups is 1. The van der Waals surface area contributed by atoms with E-state index in [9.17, 15) is 4.79 Å². The summed E-state index contributed by atoms with van der Waals surface area (Å²) in [5.41, 5.74) is 0.569. The maximum Gasteiger partial charge on any atom is 0.251 e. The maximum atomic E-state index is 12.0. The summed E-state index contributed by atoms with van der Waals surface area (Å²) in [5.74, 6) is 0.218. The Labute approximate surface area is 117 Å². The number of carbonyl (C=O) groups excluding carboxylic acids is 1. The molecule has 0 aliphatic rings. The first-order valence-corrected chi connectivity index (χ1v) is 7.08. The number of nitrogens with one attached hydrogen (secondary N) is 1. The largest absolute Gasteiger partial charge is 0.396 e. The van der Waals surface area contributed by atoms with Crippen molar-refractivity contribution in [1.82, 2.24) is 5.32 Å². The minimum atomic E-state index is -0.160. The molecule has 0 heterocycles. The quantitative estimate of drug-likeness (QED) is 0.781. The highest BCUT2D eigenvalue weighted by Crippen LogP contribution is 2.18. The van der Waals surface area contributed by atoms with Gasteiger partial charge in [0, 0.05) is 23.1 Å². The fraction of sp³-hybridized carbons (Fsp3) is 0.429. The number of hydrogen-bond donors (Lipinski definition) is 2. The maximum absolute atomic E-state index is 12.0. The summed E-state index contributed by atoms with van der Waals surface area (Å²) in [5, 5.41) is 20.4. The molecule has 0 spiro atoms. The fourth-order valence-corrected chi connectivity index (χ4v) is 2.05. The van der Waals surface area contributed by atoms with Gasteiger partial charge in [-0.25, -0.2) is 0 Å². The number of nitrogens with zero attached hydrogens (tertiary/aromatic N) is 1. The van der Waals surface area contributed by atoms with Crippen LogP contribution in [0.4, 0.5) is 0 Å². The number of benzene rings is 1. The molecule has 0 aliphatic heterocycles. The van der Waals surface area contributed by atoms with Crippen LogP contribution in [0.5, 0.6) is 0 Å². The molecule has 0 aliphatic carbocycles. The lowest BCUT2D eigenvalue weighted by atomic mass is 10.0. The molecule has 1 amide bonds. The summed E-state index contributed by atoms with van der Waals surface area (Å²) < 4.78 is 0. The normalized spacial score (nSPS) is 13.4. The summed E-state index contributed by atoms with van der Waals surface area (Å²) in [6.45, 7) is 3.79. The van der Waals surface area contributed by atoms with Crippen molar-refractivity contribution in [2.24, 2.45) is 5.92 Å². The molecule has 0 bridgehead atoms. The van der Waals surface area contributed by atoms with Crippen molar-refractivity contribution in [3.8, 4) is 6.07 Å². The van der Waals surface area contributed by atoms with Crippen LogP contribution in [0.2, 0.25) is 0 Å². The molecule has 1 aromatic carbocycles. The first-order chi connectivity index (χ1) is 9.08. The summed E-state index contributed by atoms with van der Waals surface area (Å²) >= 11 is 1.40. The molecule has 2 unspecified atom stereocenters. The minimum absolute atomic E-state index is 0.0140. The highest BCUT2D eigenvalue weighted by molar-refractivity contribution is 7.99. The van der Waals surface area contributed by atoms with Gasteiger partial charge in [-0.2, -0.15) is 5.26 Å². The molecule has 0 aromatic heterocycles. The lowest BCUT2D eigenvalue weighted by molar-refractivity contribution is 0.0916. The predicted molar refractivity (Wildman–Crippen MR) is 76.0 cm³/mol. The van der Waals surface area contributed by atoms with Crippen LogP contribution in [0.25, 0.3) is 0 Å². The van der Waals surface area contributed by atoms with Gasteiger partial charge in [-0.1, -0.05) is 13.0 Å². The van der Waals surface area contributed by atoms with Crippen LogP contribution < -0.4 is 5.32 Å². The molecule has 2 atom stereocenters. The Morgan fingerprint density at radius 3 is 2.89 bits per heavy atom. The standard InChI is InChI=1S/C14H18N2O2S/c1-10(9-17)11(2)16-14(18)12-4-3-5-13(8-12)19-7-6-15/h3-5,8,10-11,17H,7,9H2,1-2H3,(H,16,18). The molecule has 0 radical (unpaired) electrons. The minimum Gasteiger partial charge on any atom is -0.396 e. The first kappa shape index (κ1) is 15.5. The zero-order chi connectivity index (χ0) is 14.3. The highest BCUT2D eigenvalue weighted by Gasteiger charge is 2.15. The summed E-state index contributed by atoms with van der Waals surface area (Å²) in [6, 6.07) is 9.15. The Morgan fingerprint density at radius 2 is 2.26 bits per heavy atom. The average molecular weight is 278 g/mol. The van der Waals surface area contributed by atoms with Gasteiger partial charge in [0.1, 0.15) is 0 Å². The Morgan fingerprint density at radius 1 is 1.53 bits per heavy atom. The second-order valence-corrected chi connectivity index (χ2v) is 5.45. The van der Waals surface area contributed by atoms with Gasteiger partial charge in [0.05, 0.1) is 11.8 Å². The molecule has 0 saturated heterocycles. The van der Waals surface area contributed by atoms with Gasteiger partial charge in [0.25, 0.3) is 5.91 Å². The Balaban J connectivity index is 2.69. The molecule has 19 heavy (non-hydrogen) atoms. The van der Waals surface area contributed by atoms with Gasteiger partial charge in [0.2, 0.25) is 0 Å². The van der Waals surface area contributed by atoms with Crippen LogP contribution in [0.1, 0.15) is 24.2 Å². The third-order valence-electron chi connectivity index (χ3n) is 2.90. The van der Waals surface area contributed by atoms with Crippen molar-refractivity contribution >= 4 is 17.7 Å². The first-order valence-electron chi connectivity index (χ1n) is 6.10. The van der Waals surface area contributed by atoms with Gasteiger partial charge >= 0.3 is 0 Å². The van der Waals surface area contributed by atoms with Crippen molar-refractivity contribution in [2.45, 2.75) is 24.8 Å². The van der Waals surface area contributed by atoms with Crippen molar-refractivity contribution in [3.05, 3.63) is 29.8 Å². The molecule has 5 heteroatoms. The van der Waals surface area contributed by atoms with Crippen molar-refractivity contribution < 1.29 is 9.90 Å². The van der Waals surface area contributed by atoms with Crippen LogP contribution in [-0.4, -0.2) is 29.4 Å². The SMILES string of the molecule is CC(CO)C(C)NC(=O)c1cccc(SCC#N)c1. The summed E-state index contributed by atoms with van der Waals surface area (Å²) in [4.78, 5) is 12.9. The predicted octanol–water partition coefficient (Wildman–Crippen LogP) is 2.05. The zero-order valence-corrected chi connectivity index (χ0v) is 11.9. The van der Waals surface area contributed by atoms with E-state index >= 15 is 0 Å². The molecule has 102 valence electrons. The van der Waals surface area contributed by atoms with E-state index in [2.05, 4.69) is 11.4 Å². The van der Waals surface area contributed by atoms with Crippen LogP contribution in [0.3, 0.4) is 0 Å². The Hall–Kier alpha value is -1.51. The average Bonchev–Trinajstić information content (AvgIpc) is 2.44. The molecular formula is C14H18N2O2S. The van der Waals surface area contributed by atoms with Crippen LogP contribution in [-0.2, 0) is 0 Å². The van der Waals surface area contributed by atoms with Crippen molar-refractivity contribution in [1.29, 1.82) is 5.26 Å². The number of aliphatic hydroxyl groups excluding tert-OH is 1. The molecule has 0 saturated carbocycles. The van der Waals surface area contributed by atoms with E-state index in [1.165, 1.54) is 11.8 Å². The third-order valence-corrected chi connectivity index (χ3v) is 3.76. The van der Waals surface area contributed by atoms with Crippen molar-refractivity contribution in [2.75, 3.05) is 12.4 Å². The van der Waals surface area contributed by atoms with E-state index in [1.54, 1.807) is 18.2 Å². The Kier molecular flexibility index (Phi) is 6.40. The molecule has 4 nitrogen and oxygen atoms in total. The fourth-order valence-electron chi connectivity index (χ4n) is 1.43. The number of thioether (sulfide) groups is 1. The number of amides is 1. The van der Waals surface area contributed by atoms with E-state index in [0.29, 0.717) is 11.3 Å². The molecule has 1 aromatic rings. The molecule has 2 N–H and O–H groups in total. The lowest BCUT2D eigenvalue weighted by Gasteiger charge is -2.19. The number of nitriles is 1. The van der Waals surface area contributed by atoms with E-state index < -0.39 is 0 Å². The second kappa shape index (κ2) is 7.82. The van der Waals surface area contributed by atoms with Gasteiger partial charge < -0.3 is 10.4 Å². The molecule has 0 fully saturated rings. The van der Waals surface area contributed by atoms with Crippen LogP contribution in [0.15, 0.2) is 29.2 Å². The molecular weight excluding hydrogens is 260 g/mol. The van der Waals surface area contributed by atoms with Gasteiger partial charge in [-0.15, -0.1) is 11.8 Å². The van der Waals surface area contributed by atoms with E-state index in [1.807, 2.05) is 19.9 Å². The van der Waals surface area contributed by atoms with E-state index in [0.717, 1.165) is 4.90 Å². The third kappa shape index (κ3) is 4.93. The number of aliphatic hydroxyl groups is 1. The summed E-state index contributed by atoms with van der Waals surface area (Å²) in [6.07, 6.45) is 0. The van der Waals surface area contributed by atoms with Gasteiger partial charge in [-0.3, -0.25) is 4.79 Å². The van der Waals surface area contributed by atoms with E-state index in [-0.39, 0.29) is 24.5 Å². The number of rotatable bonds is 6. The zero-order valence-electron chi connectivity index (χ0n) is 11.1. The molecule has 1 rings (SSSR count). The topological polar surface area (TPSA) is 73.1 Å².